The molecule has 2 aromatic rings. The minimum absolute atomic E-state index is 0.373. The summed E-state index contributed by atoms with van der Waals surface area (Å²) >= 11 is 6.91. The summed E-state index contributed by atoms with van der Waals surface area (Å²) < 4.78 is 12.8. The number of halogens is 2. The summed E-state index contributed by atoms with van der Waals surface area (Å²) in [6, 6.07) is 5.56. The quantitative estimate of drug-likeness (QED) is 0.834. The molecular weight excluding hydrogens is 388 g/mol. The van der Waals surface area contributed by atoms with Crippen molar-refractivity contribution in [2.45, 2.75) is 13.5 Å². The Labute approximate surface area is 134 Å². The predicted molar refractivity (Wildman–Crippen MR) is 85.3 cm³/mol. The van der Waals surface area contributed by atoms with Crippen LogP contribution in [0.3, 0.4) is 0 Å². The van der Waals surface area contributed by atoms with Crippen molar-refractivity contribution >= 4 is 31.9 Å². The molecule has 0 fully saturated rings. The first-order valence-corrected chi connectivity index (χ1v) is 7.50. The summed E-state index contributed by atoms with van der Waals surface area (Å²) in [6.45, 7) is 2.28. The maximum atomic E-state index is 5.94. The standard InChI is InChI=1S/C14H14Br2N2O2/c1-8-3-12(9(6-17)7-18-8)20-14-5-10(15)13(19-2)4-11(14)16/h3-5,7H,6,17H2,1-2H3. The molecule has 0 saturated heterocycles. The van der Waals surface area contributed by atoms with Gasteiger partial charge in [-0.25, -0.2) is 0 Å². The van der Waals surface area contributed by atoms with Crippen LogP contribution in [0.1, 0.15) is 11.3 Å². The van der Waals surface area contributed by atoms with Gasteiger partial charge in [0.05, 0.1) is 16.1 Å². The molecule has 4 nitrogen and oxygen atoms in total. The molecule has 0 atom stereocenters. The van der Waals surface area contributed by atoms with Gasteiger partial charge in [-0.3, -0.25) is 4.98 Å². The van der Waals surface area contributed by atoms with E-state index < -0.39 is 0 Å². The molecule has 20 heavy (non-hydrogen) atoms. The zero-order valence-corrected chi connectivity index (χ0v) is 14.3. The Morgan fingerprint density at radius 1 is 1.10 bits per heavy atom. The number of nitrogens with zero attached hydrogens (tertiary/aromatic N) is 1. The normalized spacial score (nSPS) is 10.4. The van der Waals surface area contributed by atoms with Crippen molar-refractivity contribution in [3.05, 3.63) is 44.6 Å². The molecule has 0 aliphatic heterocycles. The third-order valence-corrected chi connectivity index (χ3v) is 3.97. The van der Waals surface area contributed by atoms with E-state index in [1.54, 1.807) is 13.3 Å². The summed E-state index contributed by atoms with van der Waals surface area (Å²) in [5.41, 5.74) is 7.44. The summed E-state index contributed by atoms with van der Waals surface area (Å²) in [7, 11) is 1.62. The number of benzene rings is 1. The largest absolute Gasteiger partial charge is 0.496 e. The summed E-state index contributed by atoms with van der Waals surface area (Å²) in [5, 5.41) is 0. The van der Waals surface area contributed by atoms with Gasteiger partial charge in [0.15, 0.2) is 0 Å². The van der Waals surface area contributed by atoms with E-state index in [-0.39, 0.29) is 0 Å². The lowest BCUT2D eigenvalue weighted by atomic mass is 10.2. The van der Waals surface area contributed by atoms with Crippen molar-refractivity contribution in [3.8, 4) is 17.2 Å². The van der Waals surface area contributed by atoms with Gasteiger partial charge in [-0.15, -0.1) is 0 Å². The first-order chi connectivity index (χ1) is 9.55. The van der Waals surface area contributed by atoms with Gasteiger partial charge in [-0.1, -0.05) is 0 Å². The number of aryl methyl sites for hydroxylation is 1. The zero-order valence-electron chi connectivity index (χ0n) is 11.1. The molecule has 0 spiro atoms. The van der Waals surface area contributed by atoms with Crippen LogP contribution in [-0.4, -0.2) is 12.1 Å². The fourth-order valence-electron chi connectivity index (χ4n) is 1.67. The number of aromatic nitrogens is 1. The Balaban J connectivity index is 2.39. The molecule has 0 bridgehead atoms. The smallest absolute Gasteiger partial charge is 0.143 e. The van der Waals surface area contributed by atoms with Gasteiger partial charge in [0.1, 0.15) is 17.2 Å². The third kappa shape index (κ3) is 3.31. The van der Waals surface area contributed by atoms with Gasteiger partial charge in [-0.05, 0) is 50.9 Å². The van der Waals surface area contributed by atoms with Crippen LogP contribution in [0.5, 0.6) is 17.2 Å². The first-order valence-electron chi connectivity index (χ1n) is 5.91. The number of hydrogen-bond acceptors (Lipinski definition) is 4. The lowest BCUT2D eigenvalue weighted by Crippen LogP contribution is -2.01. The highest BCUT2D eigenvalue weighted by Crippen LogP contribution is 2.38. The molecule has 0 amide bonds. The molecule has 2 N–H and O–H groups in total. The molecule has 1 aromatic carbocycles. The molecular formula is C14H14Br2N2O2. The number of methoxy groups -OCH3 is 1. The maximum absolute atomic E-state index is 5.94. The minimum atomic E-state index is 0.373. The lowest BCUT2D eigenvalue weighted by Gasteiger charge is -2.13. The van der Waals surface area contributed by atoms with Gasteiger partial charge in [-0.2, -0.15) is 0 Å². The average Bonchev–Trinajstić information content (AvgIpc) is 2.42. The molecule has 0 radical (unpaired) electrons. The Morgan fingerprint density at radius 3 is 2.40 bits per heavy atom. The van der Waals surface area contributed by atoms with Crippen LogP contribution >= 0.6 is 31.9 Å². The molecule has 0 saturated carbocycles. The summed E-state index contributed by atoms with van der Waals surface area (Å²) in [6.07, 6.45) is 1.73. The number of ether oxygens (including phenoxy) is 2. The van der Waals surface area contributed by atoms with E-state index in [2.05, 4.69) is 36.8 Å². The van der Waals surface area contributed by atoms with E-state index in [1.165, 1.54) is 0 Å². The van der Waals surface area contributed by atoms with Gasteiger partial charge >= 0.3 is 0 Å². The van der Waals surface area contributed by atoms with Crippen molar-refractivity contribution in [1.29, 1.82) is 0 Å². The maximum Gasteiger partial charge on any atom is 0.143 e. The van der Waals surface area contributed by atoms with Crippen LogP contribution in [-0.2, 0) is 6.54 Å². The van der Waals surface area contributed by atoms with E-state index in [9.17, 15) is 0 Å². The van der Waals surface area contributed by atoms with E-state index in [0.717, 1.165) is 26.0 Å². The highest BCUT2D eigenvalue weighted by Gasteiger charge is 2.11. The molecule has 0 unspecified atom stereocenters. The van der Waals surface area contributed by atoms with E-state index in [0.29, 0.717) is 18.0 Å². The number of rotatable bonds is 4. The SMILES string of the molecule is COc1cc(Br)c(Oc2cc(C)ncc2CN)cc1Br. The van der Waals surface area contributed by atoms with Gasteiger partial charge in [0, 0.05) is 30.1 Å². The number of pyridine rings is 1. The second-order valence-corrected chi connectivity index (χ2v) is 5.87. The van der Waals surface area contributed by atoms with Crippen LogP contribution in [0.2, 0.25) is 0 Å². The second-order valence-electron chi connectivity index (χ2n) is 4.16. The van der Waals surface area contributed by atoms with Crippen molar-refractivity contribution in [3.63, 3.8) is 0 Å². The van der Waals surface area contributed by atoms with Crippen LogP contribution in [0.4, 0.5) is 0 Å². The summed E-state index contributed by atoms with van der Waals surface area (Å²) in [4.78, 5) is 4.22. The number of nitrogens with two attached hydrogens (primary N) is 1. The molecule has 0 aliphatic carbocycles. The van der Waals surface area contributed by atoms with E-state index >= 15 is 0 Å². The molecule has 1 heterocycles. The van der Waals surface area contributed by atoms with E-state index in [4.69, 9.17) is 15.2 Å². The van der Waals surface area contributed by atoms with Crippen LogP contribution < -0.4 is 15.2 Å². The molecule has 0 aliphatic rings. The lowest BCUT2D eigenvalue weighted by molar-refractivity contribution is 0.409. The Hall–Kier alpha value is -1.11. The van der Waals surface area contributed by atoms with Crippen LogP contribution in [0.25, 0.3) is 0 Å². The Bertz CT molecular complexity index is 633. The number of hydrogen-bond donors (Lipinski definition) is 1. The van der Waals surface area contributed by atoms with Crippen LogP contribution in [0, 0.1) is 6.92 Å². The van der Waals surface area contributed by atoms with Crippen molar-refractivity contribution < 1.29 is 9.47 Å². The average molecular weight is 402 g/mol. The highest BCUT2D eigenvalue weighted by molar-refractivity contribution is 9.11. The van der Waals surface area contributed by atoms with E-state index in [1.807, 2.05) is 25.1 Å². The zero-order chi connectivity index (χ0) is 14.7. The predicted octanol–water partition coefficient (Wildman–Crippen LogP) is 4.17. The van der Waals surface area contributed by atoms with Gasteiger partial charge < -0.3 is 15.2 Å². The monoisotopic (exact) mass is 400 g/mol. The fraction of sp³-hybridized carbons (Fsp3) is 0.214. The first kappa shape index (κ1) is 15.3. The highest BCUT2D eigenvalue weighted by atomic mass is 79.9. The van der Waals surface area contributed by atoms with Crippen LogP contribution in [0.15, 0.2) is 33.3 Å². The van der Waals surface area contributed by atoms with Gasteiger partial charge in [0.25, 0.3) is 0 Å². The molecule has 6 heteroatoms. The third-order valence-electron chi connectivity index (χ3n) is 2.73. The van der Waals surface area contributed by atoms with Gasteiger partial charge in [0.2, 0.25) is 0 Å². The van der Waals surface area contributed by atoms with Crippen molar-refractivity contribution in [2.24, 2.45) is 5.73 Å². The Morgan fingerprint density at radius 2 is 1.75 bits per heavy atom. The Kier molecular flexibility index (Phi) is 5.01. The topological polar surface area (TPSA) is 57.4 Å². The minimum Gasteiger partial charge on any atom is -0.496 e. The van der Waals surface area contributed by atoms with Crippen molar-refractivity contribution in [2.75, 3.05) is 7.11 Å². The molecule has 2 rings (SSSR count). The molecule has 106 valence electrons. The molecule has 1 aromatic heterocycles. The fourth-order valence-corrected chi connectivity index (χ4v) is 2.56. The summed E-state index contributed by atoms with van der Waals surface area (Å²) in [5.74, 6) is 2.12. The second kappa shape index (κ2) is 6.56. The van der Waals surface area contributed by atoms with Crippen molar-refractivity contribution in [1.82, 2.24) is 4.98 Å².